The van der Waals surface area contributed by atoms with Crippen LogP contribution in [0.25, 0.3) is 10.8 Å². The highest BCUT2D eigenvalue weighted by molar-refractivity contribution is 5.90. The van der Waals surface area contributed by atoms with Gasteiger partial charge in [0.2, 0.25) is 5.91 Å². The molecule has 0 aliphatic carbocycles. The van der Waals surface area contributed by atoms with Crippen LogP contribution < -0.4 is 10.1 Å². The van der Waals surface area contributed by atoms with Gasteiger partial charge in [0.1, 0.15) is 12.4 Å². The van der Waals surface area contributed by atoms with Crippen molar-refractivity contribution in [2.24, 2.45) is 0 Å². The molecule has 0 bridgehead atoms. The number of piperazine rings is 2. The highest BCUT2D eigenvalue weighted by Crippen LogP contribution is 2.20. The van der Waals surface area contributed by atoms with E-state index in [-0.39, 0.29) is 43.1 Å². The van der Waals surface area contributed by atoms with Crippen LogP contribution in [0, 0.1) is 0 Å². The molecular formula is C31H38Cl2N4O5. The highest BCUT2D eigenvalue weighted by Gasteiger charge is 2.23. The number of nitrogens with zero attached hydrogens (tertiary/aromatic N) is 3. The van der Waals surface area contributed by atoms with Gasteiger partial charge < -0.3 is 19.7 Å². The van der Waals surface area contributed by atoms with Gasteiger partial charge in [-0.25, -0.2) is 4.79 Å². The maximum atomic E-state index is 12.5. The smallest absolute Gasteiger partial charge is 0.338 e. The fraction of sp³-hybridized carbons (Fsp3) is 0.387. The first-order valence-corrected chi connectivity index (χ1v) is 13.9. The number of halogens is 2. The lowest BCUT2D eigenvalue weighted by atomic mass is 10.0. The zero-order chi connectivity index (χ0) is 27.7. The van der Waals surface area contributed by atoms with Gasteiger partial charge in [-0.3, -0.25) is 19.4 Å². The first-order chi connectivity index (χ1) is 19.5. The Bertz CT molecular complexity index is 1320. The van der Waals surface area contributed by atoms with Crippen molar-refractivity contribution in [1.82, 2.24) is 20.0 Å². The van der Waals surface area contributed by atoms with Crippen LogP contribution in [0.4, 0.5) is 0 Å². The minimum absolute atomic E-state index is 0. The second-order valence-corrected chi connectivity index (χ2v) is 10.2. The van der Waals surface area contributed by atoms with Crippen molar-refractivity contribution in [3.05, 3.63) is 77.9 Å². The molecule has 2 heterocycles. The number of amides is 1. The standard InChI is InChI=1S/C31H36N4O5.2ClH/c36-29(35-14-12-32-13-15-35)23-34-18-16-33(17-19-34)20-21-39-31(38)25-8-10-27(11-9-25)40-30(37)22-26-6-3-5-24-4-1-2-7-28(24)26;;/h1-11,32H,12-23H2;2*1H. The molecule has 3 aromatic rings. The zero-order valence-electron chi connectivity index (χ0n) is 23.5. The topological polar surface area (TPSA) is 91.4 Å². The van der Waals surface area contributed by atoms with Crippen molar-refractivity contribution in [2.75, 3.05) is 72.1 Å². The summed E-state index contributed by atoms with van der Waals surface area (Å²) in [5, 5.41) is 5.38. The van der Waals surface area contributed by atoms with Gasteiger partial charge in [-0.1, -0.05) is 42.5 Å². The van der Waals surface area contributed by atoms with Gasteiger partial charge in [-0.15, -0.1) is 24.8 Å². The summed E-state index contributed by atoms with van der Waals surface area (Å²) in [5.41, 5.74) is 1.32. The summed E-state index contributed by atoms with van der Waals surface area (Å²) in [4.78, 5) is 43.9. The number of nitrogens with one attached hydrogen (secondary N) is 1. The molecule has 0 radical (unpaired) electrons. The van der Waals surface area contributed by atoms with Gasteiger partial charge in [0.25, 0.3) is 0 Å². The van der Waals surface area contributed by atoms with Crippen molar-refractivity contribution < 1.29 is 23.9 Å². The van der Waals surface area contributed by atoms with Crippen LogP contribution in [-0.2, 0) is 20.7 Å². The molecule has 0 atom stereocenters. The Kier molecular flexibility index (Phi) is 13.0. The zero-order valence-corrected chi connectivity index (χ0v) is 25.2. The van der Waals surface area contributed by atoms with Crippen LogP contribution >= 0.6 is 24.8 Å². The molecule has 2 fully saturated rings. The summed E-state index contributed by atoms with van der Waals surface area (Å²) in [6.45, 7) is 8.03. The Morgan fingerprint density at radius 2 is 1.43 bits per heavy atom. The van der Waals surface area contributed by atoms with Gasteiger partial charge in [0.05, 0.1) is 18.5 Å². The van der Waals surface area contributed by atoms with Crippen LogP contribution in [0.15, 0.2) is 66.7 Å². The maximum absolute atomic E-state index is 12.5. The number of hydrogen-bond acceptors (Lipinski definition) is 8. The van der Waals surface area contributed by atoms with E-state index < -0.39 is 5.97 Å². The molecule has 42 heavy (non-hydrogen) atoms. The van der Waals surface area contributed by atoms with Crippen LogP contribution in [0.1, 0.15) is 15.9 Å². The lowest BCUT2D eigenvalue weighted by molar-refractivity contribution is -0.134. The molecule has 226 valence electrons. The predicted molar refractivity (Wildman–Crippen MR) is 167 cm³/mol. The molecule has 9 nitrogen and oxygen atoms in total. The van der Waals surface area contributed by atoms with E-state index in [1.165, 1.54) is 0 Å². The van der Waals surface area contributed by atoms with E-state index in [1.54, 1.807) is 24.3 Å². The number of ether oxygens (including phenoxy) is 2. The van der Waals surface area contributed by atoms with E-state index >= 15 is 0 Å². The van der Waals surface area contributed by atoms with Gasteiger partial charge in [-0.05, 0) is 40.6 Å². The summed E-state index contributed by atoms with van der Waals surface area (Å²) in [6.07, 6.45) is 0.159. The predicted octanol–water partition coefficient (Wildman–Crippen LogP) is 3.04. The van der Waals surface area contributed by atoms with Gasteiger partial charge in [0.15, 0.2) is 0 Å². The SMILES string of the molecule is Cl.Cl.O=C(Cc1cccc2ccccc12)Oc1ccc(C(=O)OCCN2CCN(CC(=O)N3CCNCC3)CC2)cc1. The highest BCUT2D eigenvalue weighted by atomic mass is 35.5. The van der Waals surface area contributed by atoms with Gasteiger partial charge in [0, 0.05) is 58.9 Å². The first kappa shape index (κ1) is 33.3. The Morgan fingerprint density at radius 1 is 0.762 bits per heavy atom. The van der Waals surface area contributed by atoms with Crippen LogP contribution in [0.2, 0.25) is 0 Å². The third kappa shape index (κ3) is 9.14. The fourth-order valence-corrected chi connectivity index (χ4v) is 5.16. The summed E-state index contributed by atoms with van der Waals surface area (Å²) in [5.74, 6) is -0.182. The lowest BCUT2D eigenvalue weighted by Gasteiger charge is -2.36. The number of hydrogen-bond donors (Lipinski definition) is 1. The van der Waals surface area contributed by atoms with E-state index in [9.17, 15) is 14.4 Å². The average Bonchev–Trinajstić information content (AvgIpc) is 2.99. The van der Waals surface area contributed by atoms with Crippen molar-refractivity contribution in [3.63, 3.8) is 0 Å². The molecule has 11 heteroatoms. The van der Waals surface area contributed by atoms with E-state index in [0.29, 0.717) is 31.0 Å². The number of carbonyl (C=O) groups excluding carboxylic acids is 3. The Hall–Kier alpha value is -3.21. The van der Waals surface area contributed by atoms with E-state index in [1.807, 2.05) is 47.4 Å². The van der Waals surface area contributed by atoms with Crippen LogP contribution in [-0.4, -0.2) is 105 Å². The van der Waals surface area contributed by atoms with Crippen LogP contribution in [0.5, 0.6) is 5.75 Å². The maximum Gasteiger partial charge on any atom is 0.338 e. The molecule has 0 spiro atoms. The molecule has 1 N–H and O–H groups in total. The Morgan fingerprint density at radius 3 is 2.17 bits per heavy atom. The Labute approximate surface area is 258 Å². The first-order valence-electron chi connectivity index (χ1n) is 13.9. The second kappa shape index (κ2) is 16.4. The molecule has 2 aliphatic rings. The van der Waals surface area contributed by atoms with Crippen molar-refractivity contribution >= 4 is 53.4 Å². The van der Waals surface area contributed by atoms with E-state index in [0.717, 1.165) is 68.7 Å². The number of carbonyl (C=O) groups is 3. The monoisotopic (exact) mass is 616 g/mol. The van der Waals surface area contributed by atoms with Crippen LogP contribution in [0.3, 0.4) is 0 Å². The number of esters is 2. The Balaban J connectivity index is 0.00000242. The van der Waals surface area contributed by atoms with Gasteiger partial charge in [-0.2, -0.15) is 0 Å². The minimum Gasteiger partial charge on any atom is -0.461 e. The van der Waals surface area contributed by atoms with Crippen molar-refractivity contribution in [1.29, 1.82) is 0 Å². The molecule has 0 saturated carbocycles. The third-order valence-corrected chi connectivity index (χ3v) is 7.47. The summed E-state index contributed by atoms with van der Waals surface area (Å²) in [7, 11) is 0. The summed E-state index contributed by atoms with van der Waals surface area (Å²) in [6, 6.07) is 20.2. The fourth-order valence-electron chi connectivity index (χ4n) is 5.16. The summed E-state index contributed by atoms with van der Waals surface area (Å²) >= 11 is 0. The molecule has 2 saturated heterocycles. The largest absolute Gasteiger partial charge is 0.461 e. The van der Waals surface area contributed by atoms with E-state index in [4.69, 9.17) is 9.47 Å². The molecule has 5 rings (SSSR count). The molecule has 3 aromatic carbocycles. The molecular weight excluding hydrogens is 579 g/mol. The number of benzene rings is 3. The quantitative estimate of drug-likeness (QED) is 0.290. The molecule has 1 amide bonds. The third-order valence-electron chi connectivity index (χ3n) is 7.47. The minimum atomic E-state index is -0.408. The number of fused-ring (bicyclic) bond motifs is 1. The molecule has 2 aliphatic heterocycles. The average molecular weight is 618 g/mol. The van der Waals surface area contributed by atoms with Crippen molar-refractivity contribution in [3.8, 4) is 5.75 Å². The molecule has 0 unspecified atom stereocenters. The molecule has 0 aromatic heterocycles. The van der Waals surface area contributed by atoms with Crippen molar-refractivity contribution in [2.45, 2.75) is 6.42 Å². The second-order valence-electron chi connectivity index (χ2n) is 10.2. The lowest BCUT2D eigenvalue weighted by Crippen LogP contribution is -2.53. The van der Waals surface area contributed by atoms with E-state index in [2.05, 4.69) is 15.1 Å². The normalized spacial score (nSPS) is 15.8. The summed E-state index contributed by atoms with van der Waals surface area (Å²) < 4.78 is 11.0. The number of rotatable bonds is 9. The van der Waals surface area contributed by atoms with Gasteiger partial charge >= 0.3 is 11.9 Å².